The van der Waals surface area contributed by atoms with E-state index in [1.807, 2.05) is 18.2 Å². The van der Waals surface area contributed by atoms with Crippen LogP contribution in [0.15, 0.2) is 52.5 Å². The van der Waals surface area contributed by atoms with Crippen molar-refractivity contribution in [2.45, 2.75) is 22.3 Å². The van der Waals surface area contributed by atoms with Crippen LogP contribution in [-0.2, 0) is 26.9 Å². The fourth-order valence-electron chi connectivity index (χ4n) is 3.05. The van der Waals surface area contributed by atoms with Crippen molar-refractivity contribution in [1.29, 1.82) is 0 Å². The number of hydrogen-bond acceptors (Lipinski definition) is 8. The highest BCUT2D eigenvalue weighted by Crippen LogP contribution is 2.28. The van der Waals surface area contributed by atoms with Crippen LogP contribution >= 0.6 is 23.4 Å². The molecule has 162 valence electrons. The first-order valence-electron chi connectivity index (χ1n) is 9.22. The first kappa shape index (κ1) is 21.8. The molecule has 0 saturated carbocycles. The zero-order valence-electron chi connectivity index (χ0n) is 16.8. The Labute approximate surface area is 188 Å². The molecule has 0 spiro atoms. The summed E-state index contributed by atoms with van der Waals surface area (Å²) in [5.74, 6) is 1.07. The van der Waals surface area contributed by atoms with Crippen molar-refractivity contribution in [2.75, 3.05) is 20.0 Å². The van der Waals surface area contributed by atoms with Crippen LogP contribution in [0.1, 0.15) is 5.82 Å². The molecule has 0 aliphatic carbocycles. The van der Waals surface area contributed by atoms with Crippen LogP contribution in [0.4, 0.5) is 0 Å². The predicted molar refractivity (Wildman–Crippen MR) is 118 cm³/mol. The number of nitrogens with zero attached hydrogens (tertiary/aromatic N) is 6. The van der Waals surface area contributed by atoms with Gasteiger partial charge < -0.3 is 9.30 Å². The number of thioether (sulfide) groups is 1. The third-order valence-electron chi connectivity index (χ3n) is 4.57. The van der Waals surface area contributed by atoms with Gasteiger partial charge in [-0.05, 0) is 52.9 Å². The third kappa shape index (κ3) is 4.74. The summed E-state index contributed by atoms with van der Waals surface area (Å²) in [6, 6.07) is 12.0. The molecule has 0 fully saturated rings. The second-order valence-electron chi connectivity index (χ2n) is 6.73. The summed E-state index contributed by atoms with van der Waals surface area (Å²) in [4.78, 5) is 4.95. The molecule has 4 aromatic rings. The Kier molecular flexibility index (Phi) is 6.28. The number of halogens is 1. The number of benzene rings is 2. The summed E-state index contributed by atoms with van der Waals surface area (Å²) in [7, 11) is -1.61. The van der Waals surface area contributed by atoms with Gasteiger partial charge in [-0.2, -0.15) is 4.68 Å². The Morgan fingerprint density at radius 1 is 1.16 bits per heavy atom. The number of methoxy groups -OCH3 is 1. The first-order chi connectivity index (χ1) is 14.9. The highest BCUT2D eigenvalue weighted by molar-refractivity contribution is 7.98. The molecule has 0 bridgehead atoms. The van der Waals surface area contributed by atoms with Gasteiger partial charge in [0, 0.05) is 24.9 Å². The van der Waals surface area contributed by atoms with E-state index in [0.29, 0.717) is 35.4 Å². The highest BCUT2D eigenvalue weighted by atomic mass is 35.5. The van der Waals surface area contributed by atoms with Crippen LogP contribution in [0.2, 0.25) is 5.02 Å². The average molecular weight is 479 g/mol. The molecule has 0 N–H and O–H groups in total. The standard InChI is InChI=1S/C19H19ClN6O3S2/c1-29-10-9-25-17-8-3-13(20)11-16(17)21-19(25)30-12-18-22-23-24-26(18)14-4-6-15(7-5-14)31(2,27)28/h3-8,11H,9-10,12H2,1-2H3. The van der Waals surface area contributed by atoms with E-state index < -0.39 is 9.84 Å². The topological polar surface area (TPSA) is 105 Å². The van der Waals surface area contributed by atoms with Crippen LogP contribution in [0.3, 0.4) is 0 Å². The van der Waals surface area contributed by atoms with Gasteiger partial charge in [0.15, 0.2) is 20.8 Å². The summed E-state index contributed by atoms with van der Waals surface area (Å²) in [5, 5.41) is 13.4. The van der Waals surface area contributed by atoms with Crippen LogP contribution < -0.4 is 0 Å². The Bertz CT molecular complexity index is 1320. The van der Waals surface area contributed by atoms with Gasteiger partial charge >= 0.3 is 0 Å². The molecule has 9 nitrogen and oxygen atoms in total. The monoisotopic (exact) mass is 478 g/mol. The van der Waals surface area contributed by atoms with Gasteiger partial charge in [-0.25, -0.2) is 13.4 Å². The third-order valence-corrected chi connectivity index (χ3v) is 6.90. The smallest absolute Gasteiger partial charge is 0.175 e. The summed E-state index contributed by atoms with van der Waals surface area (Å²) < 4.78 is 32.3. The fraction of sp³-hybridized carbons (Fsp3) is 0.263. The van der Waals surface area contributed by atoms with Crippen molar-refractivity contribution in [3.8, 4) is 5.69 Å². The van der Waals surface area contributed by atoms with Crippen LogP contribution in [-0.4, -0.2) is 58.1 Å². The van der Waals surface area contributed by atoms with Crippen molar-refractivity contribution in [3.63, 3.8) is 0 Å². The molecule has 0 radical (unpaired) electrons. The summed E-state index contributed by atoms with van der Waals surface area (Å²) in [6.45, 7) is 1.20. The van der Waals surface area contributed by atoms with E-state index >= 15 is 0 Å². The molecule has 2 aromatic heterocycles. The predicted octanol–water partition coefficient (Wildman–Crippen LogP) is 3.01. The number of aromatic nitrogens is 6. The lowest BCUT2D eigenvalue weighted by Gasteiger charge is -2.09. The molecule has 0 unspecified atom stereocenters. The van der Waals surface area contributed by atoms with Gasteiger partial charge in [0.1, 0.15) is 0 Å². The second kappa shape index (κ2) is 8.95. The minimum Gasteiger partial charge on any atom is -0.383 e. The zero-order valence-corrected chi connectivity index (χ0v) is 19.2. The Morgan fingerprint density at radius 2 is 1.94 bits per heavy atom. The van der Waals surface area contributed by atoms with Gasteiger partial charge in [-0.3, -0.25) is 0 Å². The summed E-state index contributed by atoms with van der Waals surface area (Å²) >= 11 is 7.62. The minimum atomic E-state index is -3.27. The number of fused-ring (bicyclic) bond motifs is 1. The van der Waals surface area contributed by atoms with Crippen molar-refractivity contribution < 1.29 is 13.2 Å². The van der Waals surface area contributed by atoms with Gasteiger partial charge in [0.2, 0.25) is 0 Å². The molecule has 4 rings (SSSR count). The van der Waals surface area contributed by atoms with Gasteiger partial charge in [0.25, 0.3) is 0 Å². The molecular weight excluding hydrogens is 460 g/mol. The maximum atomic E-state index is 11.7. The maximum Gasteiger partial charge on any atom is 0.175 e. The maximum absolute atomic E-state index is 11.7. The molecular formula is C19H19ClN6O3S2. The van der Waals surface area contributed by atoms with Crippen molar-refractivity contribution in [3.05, 3.63) is 53.3 Å². The van der Waals surface area contributed by atoms with Crippen molar-refractivity contribution in [1.82, 2.24) is 29.8 Å². The number of imidazole rings is 1. The number of hydrogen-bond donors (Lipinski definition) is 0. The Hall–Kier alpha value is -2.47. The van der Waals surface area contributed by atoms with Crippen molar-refractivity contribution in [2.24, 2.45) is 0 Å². The van der Waals surface area contributed by atoms with Crippen LogP contribution in [0.5, 0.6) is 0 Å². The van der Waals surface area contributed by atoms with Gasteiger partial charge in [-0.1, -0.05) is 23.4 Å². The van der Waals surface area contributed by atoms with E-state index in [2.05, 4.69) is 20.1 Å². The average Bonchev–Trinajstić information content (AvgIpc) is 3.34. The van der Waals surface area contributed by atoms with E-state index in [0.717, 1.165) is 16.2 Å². The van der Waals surface area contributed by atoms with Crippen LogP contribution in [0.25, 0.3) is 16.7 Å². The lowest BCUT2D eigenvalue weighted by Crippen LogP contribution is -2.06. The number of sulfone groups is 1. The molecule has 0 amide bonds. The van der Waals surface area contributed by atoms with E-state index in [-0.39, 0.29) is 4.90 Å². The number of rotatable bonds is 8. The first-order valence-corrected chi connectivity index (χ1v) is 12.5. The minimum absolute atomic E-state index is 0.241. The Morgan fingerprint density at radius 3 is 2.65 bits per heavy atom. The molecule has 0 aliphatic rings. The molecule has 2 aromatic carbocycles. The van der Waals surface area contributed by atoms with Crippen molar-refractivity contribution >= 4 is 44.2 Å². The van der Waals surface area contributed by atoms with E-state index in [4.69, 9.17) is 21.3 Å². The molecule has 0 aliphatic heterocycles. The van der Waals surface area contributed by atoms with E-state index in [1.165, 1.54) is 30.2 Å². The quantitative estimate of drug-likeness (QED) is 0.356. The van der Waals surface area contributed by atoms with E-state index in [1.54, 1.807) is 23.9 Å². The SMILES string of the molecule is COCCn1c(SCc2nnnn2-c2ccc(S(C)(=O)=O)cc2)nc2cc(Cl)ccc21. The highest BCUT2D eigenvalue weighted by Gasteiger charge is 2.15. The van der Waals surface area contributed by atoms with Gasteiger partial charge in [-0.15, -0.1) is 5.10 Å². The summed E-state index contributed by atoms with van der Waals surface area (Å²) in [5.41, 5.74) is 2.45. The summed E-state index contributed by atoms with van der Waals surface area (Å²) in [6.07, 6.45) is 1.17. The zero-order chi connectivity index (χ0) is 22.0. The van der Waals surface area contributed by atoms with Gasteiger partial charge in [0.05, 0.1) is 34.0 Å². The number of ether oxygens (including phenoxy) is 1. The molecule has 2 heterocycles. The molecule has 12 heteroatoms. The van der Waals surface area contributed by atoms with E-state index in [9.17, 15) is 8.42 Å². The molecule has 0 atom stereocenters. The largest absolute Gasteiger partial charge is 0.383 e. The number of tetrazole rings is 1. The molecule has 0 saturated heterocycles. The lowest BCUT2D eigenvalue weighted by molar-refractivity contribution is 0.186. The Balaban J connectivity index is 1.60. The normalized spacial score (nSPS) is 12.0. The fourth-order valence-corrected chi connectivity index (χ4v) is 4.79. The van der Waals surface area contributed by atoms with Crippen LogP contribution in [0, 0.1) is 0 Å². The lowest BCUT2D eigenvalue weighted by atomic mass is 10.3. The molecule has 31 heavy (non-hydrogen) atoms. The second-order valence-corrected chi connectivity index (χ2v) is 10.1.